The van der Waals surface area contributed by atoms with Gasteiger partial charge in [0, 0.05) is 18.2 Å². The number of ether oxygens (including phenoxy) is 2. The first-order valence-corrected chi connectivity index (χ1v) is 14.5. The van der Waals surface area contributed by atoms with Crippen molar-refractivity contribution in [3.63, 3.8) is 0 Å². The maximum Gasteiger partial charge on any atom is 0.349 e. The Bertz CT molecular complexity index is 1750. The fourth-order valence-corrected chi connectivity index (χ4v) is 5.28. The molecule has 0 aliphatic rings. The number of benzene rings is 5. The molecular weight excluding hydrogens is 558 g/mol. The summed E-state index contributed by atoms with van der Waals surface area (Å²) in [6.45, 7) is 4.37. The lowest BCUT2D eigenvalue weighted by atomic mass is 9.94. The minimum absolute atomic E-state index is 0.0827. The standard InChI is InChI=1S/C37H36F2N2O3/c1-24(28-10-7-12-32(21-28)43-3)40-23-26-19-30-9-5-6-14-34(30)35(20-26)27-15-17-31(18-16-27)37(38,39)36(42)41-25(2)29-11-8-13-33(22-29)44-4/h5-22,24-25,40H,23H2,1-4H3,(H,41,42). The van der Waals surface area contributed by atoms with E-state index in [1.807, 2.05) is 42.5 Å². The van der Waals surface area contributed by atoms with Gasteiger partial charge in [-0.05, 0) is 88.8 Å². The highest BCUT2D eigenvalue weighted by Crippen LogP contribution is 2.35. The van der Waals surface area contributed by atoms with Crippen LogP contribution in [0.3, 0.4) is 0 Å². The van der Waals surface area contributed by atoms with Gasteiger partial charge >= 0.3 is 5.92 Å². The van der Waals surface area contributed by atoms with Crippen molar-refractivity contribution in [1.29, 1.82) is 0 Å². The van der Waals surface area contributed by atoms with Gasteiger partial charge in [0.1, 0.15) is 11.5 Å². The monoisotopic (exact) mass is 594 g/mol. The van der Waals surface area contributed by atoms with E-state index in [2.05, 4.69) is 35.8 Å². The lowest BCUT2D eigenvalue weighted by Gasteiger charge is -2.21. The second kappa shape index (κ2) is 13.3. The van der Waals surface area contributed by atoms with Crippen molar-refractivity contribution in [1.82, 2.24) is 10.6 Å². The third kappa shape index (κ3) is 6.74. The number of halogens is 2. The molecule has 0 heterocycles. The summed E-state index contributed by atoms with van der Waals surface area (Å²) in [4.78, 5) is 12.7. The van der Waals surface area contributed by atoms with E-state index >= 15 is 8.78 Å². The topological polar surface area (TPSA) is 59.6 Å². The third-order valence-corrected chi connectivity index (χ3v) is 7.91. The fourth-order valence-electron chi connectivity index (χ4n) is 5.28. The normalized spacial score (nSPS) is 12.9. The van der Waals surface area contributed by atoms with Crippen molar-refractivity contribution >= 4 is 16.7 Å². The Hall–Kier alpha value is -4.75. The Morgan fingerprint density at radius 3 is 2.00 bits per heavy atom. The zero-order chi connectivity index (χ0) is 31.3. The summed E-state index contributed by atoms with van der Waals surface area (Å²) in [5.74, 6) is -3.67. The van der Waals surface area contributed by atoms with Crippen LogP contribution in [0.4, 0.5) is 8.78 Å². The van der Waals surface area contributed by atoms with Crippen LogP contribution in [-0.2, 0) is 17.3 Å². The Balaban J connectivity index is 1.35. The first kappa shape index (κ1) is 30.7. The molecule has 5 nitrogen and oxygen atoms in total. The maximum absolute atomic E-state index is 15.3. The highest BCUT2D eigenvalue weighted by molar-refractivity contribution is 5.97. The molecule has 0 saturated carbocycles. The van der Waals surface area contributed by atoms with Crippen molar-refractivity contribution in [2.24, 2.45) is 0 Å². The summed E-state index contributed by atoms with van der Waals surface area (Å²) in [6, 6.07) is 32.6. The summed E-state index contributed by atoms with van der Waals surface area (Å²) in [6.07, 6.45) is 0. The smallest absolute Gasteiger partial charge is 0.349 e. The maximum atomic E-state index is 15.3. The van der Waals surface area contributed by atoms with Crippen molar-refractivity contribution in [2.75, 3.05) is 14.2 Å². The SMILES string of the molecule is COc1cccc(C(C)NCc2cc(-c3ccc(C(F)(F)C(=O)NC(C)c4cccc(OC)c4)cc3)c3ccccc3c2)c1. The van der Waals surface area contributed by atoms with Crippen LogP contribution >= 0.6 is 0 Å². The van der Waals surface area contributed by atoms with Crippen molar-refractivity contribution in [3.05, 3.63) is 131 Å². The first-order chi connectivity index (χ1) is 21.2. The second-order valence-electron chi connectivity index (χ2n) is 10.9. The number of fused-ring (bicyclic) bond motifs is 1. The van der Waals surface area contributed by atoms with E-state index in [1.54, 1.807) is 50.4 Å². The molecule has 5 aromatic carbocycles. The molecule has 0 bridgehead atoms. The quantitative estimate of drug-likeness (QED) is 0.161. The van der Waals surface area contributed by atoms with Crippen LogP contribution in [-0.4, -0.2) is 20.1 Å². The van der Waals surface area contributed by atoms with Gasteiger partial charge in [-0.2, -0.15) is 8.78 Å². The molecule has 0 spiro atoms. The summed E-state index contributed by atoms with van der Waals surface area (Å²) < 4.78 is 41.2. The molecule has 7 heteroatoms. The minimum Gasteiger partial charge on any atom is -0.497 e. The molecule has 5 aromatic rings. The van der Waals surface area contributed by atoms with E-state index < -0.39 is 17.9 Å². The molecule has 0 saturated heterocycles. The summed E-state index contributed by atoms with van der Waals surface area (Å²) in [5.41, 5.74) is 4.19. The Morgan fingerprint density at radius 1 is 0.750 bits per heavy atom. The van der Waals surface area contributed by atoms with E-state index in [1.165, 1.54) is 19.2 Å². The molecule has 0 aliphatic carbocycles. The predicted octanol–water partition coefficient (Wildman–Crippen LogP) is 8.34. The molecule has 2 N–H and O–H groups in total. The van der Waals surface area contributed by atoms with Gasteiger partial charge in [0.05, 0.1) is 20.3 Å². The Kier molecular flexibility index (Phi) is 9.26. The molecule has 44 heavy (non-hydrogen) atoms. The number of nitrogens with one attached hydrogen (secondary N) is 2. The van der Waals surface area contributed by atoms with E-state index in [4.69, 9.17) is 9.47 Å². The van der Waals surface area contributed by atoms with Crippen LogP contribution in [0, 0.1) is 0 Å². The van der Waals surface area contributed by atoms with Gasteiger partial charge in [0.15, 0.2) is 0 Å². The van der Waals surface area contributed by atoms with Crippen LogP contribution in [0.2, 0.25) is 0 Å². The average molecular weight is 595 g/mol. The van der Waals surface area contributed by atoms with Gasteiger partial charge in [0.2, 0.25) is 0 Å². The number of hydrogen-bond donors (Lipinski definition) is 2. The Labute approximate surface area is 256 Å². The van der Waals surface area contributed by atoms with Gasteiger partial charge in [-0.25, -0.2) is 0 Å². The summed E-state index contributed by atoms with van der Waals surface area (Å²) in [7, 11) is 3.18. The van der Waals surface area contributed by atoms with E-state index in [-0.39, 0.29) is 11.6 Å². The molecule has 1 amide bonds. The number of alkyl halides is 2. The lowest BCUT2D eigenvalue weighted by Crippen LogP contribution is -2.39. The highest BCUT2D eigenvalue weighted by Gasteiger charge is 2.41. The predicted molar refractivity (Wildman–Crippen MR) is 171 cm³/mol. The second-order valence-corrected chi connectivity index (χ2v) is 10.9. The fraction of sp³-hybridized carbons (Fsp3) is 0.216. The lowest BCUT2D eigenvalue weighted by molar-refractivity contribution is -0.147. The van der Waals surface area contributed by atoms with Crippen LogP contribution in [0.1, 0.15) is 48.2 Å². The number of rotatable bonds is 11. The van der Waals surface area contributed by atoms with Crippen molar-refractivity contribution in [2.45, 2.75) is 38.4 Å². The van der Waals surface area contributed by atoms with Gasteiger partial charge < -0.3 is 20.1 Å². The molecular formula is C37H36F2N2O3. The van der Waals surface area contributed by atoms with Gasteiger partial charge in [-0.1, -0.05) is 72.8 Å². The van der Waals surface area contributed by atoms with Crippen LogP contribution in [0.15, 0.2) is 109 Å². The van der Waals surface area contributed by atoms with Crippen LogP contribution < -0.4 is 20.1 Å². The summed E-state index contributed by atoms with van der Waals surface area (Å²) in [5, 5.41) is 8.09. The largest absolute Gasteiger partial charge is 0.497 e. The molecule has 0 aliphatic heterocycles. The van der Waals surface area contributed by atoms with Gasteiger partial charge in [-0.3, -0.25) is 4.79 Å². The van der Waals surface area contributed by atoms with E-state index in [9.17, 15) is 4.79 Å². The van der Waals surface area contributed by atoms with Crippen LogP contribution in [0.5, 0.6) is 11.5 Å². The van der Waals surface area contributed by atoms with Gasteiger partial charge in [-0.15, -0.1) is 0 Å². The molecule has 226 valence electrons. The number of carbonyl (C=O) groups excluding carboxylic acids is 1. The molecule has 2 unspecified atom stereocenters. The molecule has 0 aromatic heterocycles. The molecule has 5 rings (SSSR count). The van der Waals surface area contributed by atoms with Gasteiger partial charge in [0.25, 0.3) is 5.91 Å². The van der Waals surface area contributed by atoms with E-state index in [0.29, 0.717) is 17.9 Å². The molecule has 0 radical (unpaired) electrons. The Morgan fingerprint density at radius 2 is 1.36 bits per heavy atom. The minimum atomic E-state index is -3.71. The molecule has 0 fully saturated rings. The van der Waals surface area contributed by atoms with Crippen LogP contribution in [0.25, 0.3) is 21.9 Å². The zero-order valence-corrected chi connectivity index (χ0v) is 25.2. The number of amides is 1. The van der Waals surface area contributed by atoms with Crippen molar-refractivity contribution < 1.29 is 23.0 Å². The molecule has 2 atom stereocenters. The van der Waals surface area contributed by atoms with E-state index in [0.717, 1.165) is 38.8 Å². The number of carbonyl (C=O) groups is 1. The highest BCUT2D eigenvalue weighted by atomic mass is 19.3. The summed E-state index contributed by atoms with van der Waals surface area (Å²) >= 11 is 0. The van der Waals surface area contributed by atoms with Crippen molar-refractivity contribution in [3.8, 4) is 22.6 Å². The zero-order valence-electron chi connectivity index (χ0n) is 25.2. The first-order valence-electron chi connectivity index (χ1n) is 14.5. The average Bonchev–Trinajstić information content (AvgIpc) is 3.06. The number of hydrogen-bond acceptors (Lipinski definition) is 4. The third-order valence-electron chi connectivity index (χ3n) is 7.91. The number of methoxy groups -OCH3 is 2.